The van der Waals surface area contributed by atoms with Crippen molar-refractivity contribution in [3.63, 3.8) is 0 Å². The second-order valence-electron chi connectivity index (χ2n) is 9.77. The molecule has 0 aliphatic rings. The van der Waals surface area contributed by atoms with Gasteiger partial charge in [-0.2, -0.15) is 0 Å². The molecule has 0 spiro atoms. The van der Waals surface area contributed by atoms with E-state index in [1.54, 1.807) is 0 Å². The predicted molar refractivity (Wildman–Crippen MR) is 175 cm³/mol. The highest BCUT2D eigenvalue weighted by molar-refractivity contribution is 5.48. The summed E-state index contributed by atoms with van der Waals surface area (Å²) in [5.41, 5.74) is 8.84. The first-order valence-corrected chi connectivity index (χ1v) is 14.1. The Morgan fingerprint density at radius 3 is 0.714 bits per heavy atom. The van der Waals surface area contributed by atoms with E-state index >= 15 is 0 Å². The van der Waals surface area contributed by atoms with Gasteiger partial charge in [-0.1, -0.05) is 132 Å². The Kier molecular flexibility index (Phi) is 10.1. The Morgan fingerprint density at radius 2 is 0.500 bits per heavy atom. The van der Waals surface area contributed by atoms with Gasteiger partial charge in [0.15, 0.2) is 0 Å². The Morgan fingerprint density at radius 1 is 0.286 bits per heavy atom. The third-order valence-corrected chi connectivity index (χ3v) is 6.66. The molecule has 0 saturated heterocycles. The zero-order valence-electron chi connectivity index (χ0n) is 23.5. The molecule has 0 aromatic heterocycles. The van der Waals surface area contributed by atoms with Crippen LogP contribution < -0.4 is 0 Å². The fourth-order valence-electron chi connectivity index (χ4n) is 4.50. The number of hydrogen-bond acceptors (Lipinski definition) is 0. The highest BCUT2D eigenvalue weighted by atomic mass is 14.1. The molecule has 0 fully saturated rings. The summed E-state index contributed by atoms with van der Waals surface area (Å²) < 4.78 is 0. The van der Waals surface area contributed by atoms with Crippen molar-refractivity contribution in [2.45, 2.75) is 25.7 Å². The van der Waals surface area contributed by atoms with E-state index in [1.807, 2.05) is 121 Å². The lowest BCUT2D eigenvalue weighted by molar-refractivity contribution is 1.10. The van der Waals surface area contributed by atoms with E-state index in [2.05, 4.69) is 59.5 Å². The molecular weight excluding hydrogens is 504 g/mol. The quantitative estimate of drug-likeness (QED) is 0.205. The average Bonchev–Trinajstić information content (AvgIpc) is 3.04. The highest BCUT2D eigenvalue weighted by Gasteiger charge is 2.09. The first kappa shape index (κ1) is 27.9. The molecule has 0 radical (unpaired) electrons. The van der Waals surface area contributed by atoms with Gasteiger partial charge in [0.2, 0.25) is 0 Å². The van der Waals surface area contributed by atoms with Crippen LogP contribution in [0.5, 0.6) is 0 Å². The monoisotopic (exact) mass is 534 g/mol. The lowest BCUT2D eigenvalue weighted by Gasteiger charge is -2.12. The zero-order chi connectivity index (χ0) is 28.7. The summed E-state index contributed by atoms with van der Waals surface area (Å²) in [4.78, 5) is 0. The molecule has 0 N–H and O–H groups in total. The van der Waals surface area contributed by atoms with Crippen molar-refractivity contribution >= 4 is 0 Å². The molecule has 42 heavy (non-hydrogen) atoms. The average molecular weight is 535 g/mol. The molecule has 0 amide bonds. The van der Waals surface area contributed by atoms with Gasteiger partial charge >= 0.3 is 0 Å². The van der Waals surface area contributed by atoms with Crippen LogP contribution in [-0.2, 0) is 25.7 Å². The summed E-state index contributed by atoms with van der Waals surface area (Å²) in [7, 11) is 0. The van der Waals surface area contributed by atoms with Crippen LogP contribution in [0.4, 0.5) is 0 Å². The van der Waals surface area contributed by atoms with E-state index in [-0.39, 0.29) is 0 Å². The summed E-state index contributed by atoms with van der Waals surface area (Å²) in [5.74, 6) is 26.9. The molecule has 0 aliphatic heterocycles. The van der Waals surface area contributed by atoms with Crippen LogP contribution in [0.1, 0.15) is 44.5 Å². The van der Waals surface area contributed by atoms with Crippen LogP contribution in [0, 0.1) is 47.4 Å². The predicted octanol–water partition coefficient (Wildman–Crippen LogP) is 8.06. The molecule has 0 aliphatic carbocycles. The molecule has 0 bridgehead atoms. The molecule has 0 atom stereocenters. The Hall–Kier alpha value is -5.66. The number of hydrogen-bond donors (Lipinski definition) is 0. The summed E-state index contributed by atoms with van der Waals surface area (Å²) in [6, 6.07) is 45.1. The van der Waals surface area contributed by atoms with Crippen molar-refractivity contribution in [2.24, 2.45) is 0 Å². The fraction of sp³-hybridized carbons (Fsp3) is 0.0952. The largest absolute Gasteiger partial charge is 0.0931 e. The van der Waals surface area contributed by atoms with Crippen molar-refractivity contribution in [3.05, 3.63) is 178 Å². The van der Waals surface area contributed by atoms with E-state index in [9.17, 15) is 0 Å². The van der Waals surface area contributed by atoms with Crippen LogP contribution >= 0.6 is 0 Å². The van der Waals surface area contributed by atoms with Crippen LogP contribution in [-0.4, -0.2) is 0 Å². The van der Waals surface area contributed by atoms with Crippen molar-refractivity contribution in [3.8, 4) is 47.4 Å². The molecule has 0 nitrogen and oxygen atoms in total. The van der Waals surface area contributed by atoms with E-state index in [0.717, 1.165) is 22.3 Å². The molecule has 5 aromatic carbocycles. The topological polar surface area (TPSA) is 0 Å². The first-order valence-electron chi connectivity index (χ1n) is 14.1. The smallest absolute Gasteiger partial charge is 0.0347 e. The van der Waals surface area contributed by atoms with E-state index in [1.165, 1.54) is 22.3 Å². The first-order chi connectivity index (χ1) is 20.8. The van der Waals surface area contributed by atoms with Crippen LogP contribution in [0.25, 0.3) is 0 Å². The minimum atomic E-state index is 0.645. The normalized spacial score (nSPS) is 9.52. The molecule has 0 unspecified atom stereocenters. The number of benzene rings is 5. The third-order valence-electron chi connectivity index (χ3n) is 6.66. The number of rotatable bonds is 4. The van der Waals surface area contributed by atoms with Gasteiger partial charge in [-0.3, -0.25) is 0 Å². The molecule has 0 heterocycles. The van der Waals surface area contributed by atoms with Gasteiger partial charge in [-0.25, -0.2) is 0 Å². The van der Waals surface area contributed by atoms with Crippen LogP contribution in [0.2, 0.25) is 0 Å². The van der Waals surface area contributed by atoms with E-state index in [4.69, 9.17) is 0 Å². The second kappa shape index (κ2) is 15.2. The van der Waals surface area contributed by atoms with E-state index in [0.29, 0.717) is 25.7 Å². The SMILES string of the molecule is C(#Cc1ccccc1)Cc1cc(CC#Cc2ccccc2)c(CC#Cc2ccccc2)cc1CC#Cc1ccccc1. The van der Waals surface area contributed by atoms with Gasteiger partial charge in [0.1, 0.15) is 0 Å². The molecule has 0 heteroatoms. The van der Waals surface area contributed by atoms with Crippen molar-refractivity contribution in [2.75, 3.05) is 0 Å². The Balaban J connectivity index is 1.49. The molecule has 5 aromatic rings. The summed E-state index contributed by atoms with van der Waals surface area (Å²) in [5, 5.41) is 0. The maximum atomic E-state index is 3.40. The molecule has 198 valence electrons. The minimum absolute atomic E-state index is 0.645. The summed E-state index contributed by atoms with van der Waals surface area (Å²) >= 11 is 0. The maximum absolute atomic E-state index is 3.40. The van der Waals surface area contributed by atoms with Crippen LogP contribution in [0.15, 0.2) is 133 Å². The molecule has 0 saturated carbocycles. The summed E-state index contributed by atoms with van der Waals surface area (Å²) in [6.07, 6.45) is 2.58. The lowest BCUT2D eigenvalue weighted by atomic mass is 9.92. The van der Waals surface area contributed by atoms with Gasteiger partial charge in [-0.15, -0.1) is 0 Å². The van der Waals surface area contributed by atoms with Crippen molar-refractivity contribution in [1.82, 2.24) is 0 Å². The second-order valence-corrected chi connectivity index (χ2v) is 9.77. The third kappa shape index (κ3) is 8.67. The highest BCUT2D eigenvalue weighted by Crippen LogP contribution is 2.20. The standard InChI is InChI=1S/C42H30/c1-5-17-35(18-6-1)25-13-29-39-33-41(31-15-27-37-21-9-3-10-22-37)42(32-16-28-38-23-11-4-12-24-38)34-40(39)30-14-26-36-19-7-2-8-20-36/h1-12,17-24,33-34H,29-32H2. The minimum Gasteiger partial charge on any atom is -0.0931 e. The van der Waals surface area contributed by atoms with Crippen LogP contribution in [0.3, 0.4) is 0 Å². The van der Waals surface area contributed by atoms with Gasteiger partial charge in [-0.05, 0) is 70.8 Å². The van der Waals surface area contributed by atoms with Crippen molar-refractivity contribution in [1.29, 1.82) is 0 Å². The maximum Gasteiger partial charge on any atom is 0.0347 e. The molecular formula is C42H30. The van der Waals surface area contributed by atoms with Crippen molar-refractivity contribution < 1.29 is 0 Å². The van der Waals surface area contributed by atoms with E-state index < -0.39 is 0 Å². The van der Waals surface area contributed by atoms with Gasteiger partial charge in [0.05, 0.1) is 0 Å². The molecule has 5 rings (SSSR count). The van der Waals surface area contributed by atoms with Gasteiger partial charge < -0.3 is 0 Å². The lowest BCUT2D eigenvalue weighted by Crippen LogP contribution is -2.01. The van der Waals surface area contributed by atoms with Gasteiger partial charge in [0, 0.05) is 47.9 Å². The summed E-state index contributed by atoms with van der Waals surface area (Å²) in [6.45, 7) is 0. The Bertz CT molecular complexity index is 1570. The Labute approximate surface area is 250 Å². The van der Waals surface area contributed by atoms with Gasteiger partial charge in [0.25, 0.3) is 0 Å². The fourth-order valence-corrected chi connectivity index (χ4v) is 4.50. The zero-order valence-corrected chi connectivity index (χ0v) is 23.5.